The molecule has 4 rings (SSSR count). The van der Waals surface area contributed by atoms with E-state index in [-0.39, 0.29) is 18.1 Å². The normalized spacial score (nSPS) is 13.2. The van der Waals surface area contributed by atoms with Crippen LogP contribution in [-0.2, 0) is 17.5 Å². The molecule has 1 aliphatic rings. The number of benzene rings is 2. The number of carbonyl (C=O) groups excluding carboxylic acids is 1. The van der Waals surface area contributed by atoms with Crippen LogP contribution in [0, 0.1) is 13.8 Å². The highest BCUT2D eigenvalue weighted by Crippen LogP contribution is 2.49. The number of fused-ring (bicyclic) bond motifs is 2. The van der Waals surface area contributed by atoms with Gasteiger partial charge in [0, 0.05) is 15.5 Å². The molecule has 8 heteroatoms. The third-order valence-electron chi connectivity index (χ3n) is 4.49. The van der Waals surface area contributed by atoms with E-state index in [4.69, 9.17) is 0 Å². The third kappa shape index (κ3) is 3.28. The summed E-state index contributed by atoms with van der Waals surface area (Å²) in [7, 11) is 0. The Bertz CT molecular complexity index is 1070. The first-order valence-corrected chi connectivity index (χ1v) is 9.38. The van der Waals surface area contributed by atoms with Gasteiger partial charge in [-0.3, -0.25) is 14.4 Å². The molecule has 0 fully saturated rings. The number of hydrogen-bond donors (Lipinski definition) is 0. The average molecular weight is 403 g/mol. The summed E-state index contributed by atoms with van der Waals surface area (Å²) >= 11 is 1.35. The smallest absolute Gasteiger partial charge is 0.277 e. The van der Waals surface area contributed by atoms with Crippen LogP contribution in [0.4, 0.5) is 24.5 Å². The Hall–Kier alpha value is -2.74. The van der Waals surface area contributed by atoms with Gasteiger partial charge >= 0.3 is 6.18 Å². The van der Waals surface area contributed by atoms with E-state index >= 15 is 0 Å². The first-order valence-electron chi connectivity index (χ1n) is 8.56. The fraction of sp³-hybridized carbons (Fsp3) is 0.200. The molecule has 0 radical (unpaired) electrons. The van der Waals surface area contributed by atoms with E-state index in [2.05, 4.69) is 5.10 Å². The van der Waals surface area contributed by atoms with Crippen LogP contribution in [0.5, 0.6) is 0 Å². The Balaban J connectivity index is 1.81. The van der Waals surface area contributed by atoms with E-state index in [9.17, 15) is 18.0 Å². The first kappa shape index (κ1) is 18.6. The fourth-order valence-electron chi connectivity index (χ4n) is 3.23. The summed E-state index contributed by atoms with van der Waals surface area (Å²) in [5, 5.41) is 4.30. The number of alkyl halides is 3. The lowest BCUT2D eigenvalue weighted by molar-refractivity contribution is -0.137. The van der Waals surface area contributed by atoms with Gasteiger partial charge in [-0.15, -0.1) is 0 Å². The van der Waals surface area contributed by atoms with Crippen molar-refractivity contribution in [2.75, 3.05) is 4.90 Å². The second kappa shape index (κ2) is 6.70. The molecule has 2 aromatic carbocycles. The monoisotopic (exact) mass is 403 g/mol. The van der Waals surface area contributed by atoms with Crippen LogP contribution in [0.2, 0.25) is 0 Å². The quantitative estimate of drug-likeness (QED) is 0.579. The van der Waals surface area contributed by atoms with Crippen molar-refractivity contribution in [3.8, 4) is 0 Å². The number of amides is 1. The number of aryl methyl sites for hydroxylation is 2. The minimum Gasteiger partial charge on any atom is -0.277 e. The highest BCUT2D eigenvalue weighted by molar-refractivity contribution is 7.99. The maximum Gasteiger partial charge on any atom is 0.416 e. The Morgan fingerprint density at radius 1 is 1.04 bits per heavy atom. The molecule has 2 heterocycles. The van der Waals surface area contributed by atoms with E-state index in [0.717, 1.165) is 28.4 Å². The fourth-order valence-corrected chi connectivity index (χ4v) is 4.27. The number of aromatic nitrogens is 2. The van der Waals surface area contributed by atoms with Crippen molar-refractivity contribution < 1.29 is 18.0 Å². The second-order valence-corrected chi connectivity index (χ2v) is 7.65. The van der Waals surface area contributed by atoms with Gasteiger partial charge in [-0.05, 0) is 50.2 Å². The van der Waals surface area contributed by atoms with Crippen molar-refractivity contribution in [2.24, 2.45) is 0 Å². The van der Waals surface area contributed by atoms with Crippen molar-refractivity contribution in [3.05, 3.63) is 65.5 Å². The lowest BCUT2D eigenvalue weighted by Gasteiger charge is -2.31. The molecule has 1 amide bonds. The van der Waals surface area contributed by atoms with Gasteiger partial charge < -0.3 is 0 Å². The van der Waals surface area contributed by atoms with Gasteiger partial charge in [0.05, 0.1) is 22.6 Å². The molecular formula is C20H16F3N3OS. The summed E-state index contributed by atoms with van der Waals surface area (Å²) in [5.74, 6) is -0.348. The Morgan fingerprint density at radius 2 is 1.75 bits per heavy atom. The minimum atomic E-state index is -4.49. The Labute approximate surface area is 164 Å². The maximum atomic E-state index is 13.3. The molecular weight excluding hydrogens is 387 g/mol. The van der Waals surface area contributed by atoms with Gasteiger partial charge in [-0.2, -0.15) is 18.3 Å². The average Bonchev–Trinajstić information content (AvgIpc) is 2.95. The number of rotatable bonds is 2. The third-order valence-corrected chi connectivity index (χ3v) is 5.62. The summed E-state index contributed by atoms with van der Waals surface area (Å²) < 4.78 is 41.3. The lowest BCUT2D eigenvalue weighted by atomic mass is 10.1. The standard InChI is InChI=1S/C20H16F3N3OS/c1-12-9-13(2)25(24-12)11-19(27)26-15-5-3-4-6-17(15)28-18-8-7-14(10-16(18)26)20(21,22)23/h3-10H,11H2,1-2H3. The van der Waals surface area contributed by atoms with Gasteiger partial charge in [0.25, 0.3) is 5.91 Å². The van der Waals surface area contributed by atoms with E-state index < -0.39 is 11.7 Å². The van der Waals surface area contributed by atoms with Crippen molar-refractivity contribution in [1.29, 1.82) is 0 Å². The molecule has 0 spiro atoms. The first-order chi connectivity index (χ1) is 13.2. The molecule has 0 saturated carbocycles. The minimum absolute atomic E-state index is 0.0612. The van der Waals surface area contributed by atoms with Crippen LogP contribution >= 0.6 is 11.8 Å². The van der Waals surface area contributed by atoms with Gasteiger partial charge in [-0.25, -0.2) is 0 Å². The molecule has 0 bridgehead atoms. The van der Waals surface area contributed by atoms with Crippen LogP contribution in [0.3, 0.4) is 0 Å². The number of anilines is 2. The molecule has 0 aliphatic carbocycles. The van der Waals surface area contributed by atoms with Gasteiger partial charge in [0.1, 0.15) is 6.54 Å². The molecule has 1 aliphatic heterocycles. The number of nitrogens with zero attached hydrogens (tertiary/aromatic N) is 3. The summed E-state index contributed by atoms with van der Waals surface area (Å²) in [6.45, 7) is 3.60. The van der Waals surface area contributed by atoms with Crippen LogP contribution in [0.25, 0.3) is 0 Å². The Morgan fingerprint density at radius 3 is 2.43 bits per heavy atom. The topological polar surface area (TPSA) is 38.1 Å². The van der Waals surface area contributed by atoms with Gasteiger partial charge in [-0.1, -0.05) is 23.9 Å². The largest absolute Gasteiger partial charge is 0.416 e. The highest BCUT2D eigenvalue weighted by Gasteiger charge is 2.35. The number of halogens is 3. The predicted molar refractivity (Wildman–Crippen MR) is 101 cm³/mol. The SMILES string of the molecule is Cc1cc(C)n(CC(=O)N2c3ccccc3Sc3ccc(C(F)(F)F)cc32)n1. The summed E-state index contributed by atoms with van der Waals surface area (Å²) in [5.41, 5.74) is 1.63. The second-order valence-electron chi connectivity index (χ2n) is 6.56. The van der Waals surface area contributed by atoms with E-state index in [0.29, 0.717) is 10.6 Å². The van der Waals surface area contributed by atoms with Crippen LogP contribution in [0.15, 0.2) is 58.3 Å². The van der Waals surface area contributed by atoms with Crippen LogP contribution < -0.4 is 4.90 Å². The zero-order valence-corrected chi connectivity index (χ0v) is 15.9. The zero-order valence-electron chi connectivity index (χ0n) is 15.1. The van der Waals surface area contributed by atoms with Crippen molar-refractivity contribution >= 4 is 29.0 Å². The summed E-state index contributed by atoms with van der Waals surface area (Å²) in [4.78, 5) is 16.0. The van der Waals surface area contributed by atoms with Gasteiger partial charge in [0.2, 0.25) is 0 Å². The van der Waals surface area contributed by atoms with E-state index in [1.807, 2.05) is 32.0 Å². The lowest BCUT2D eigenvalue weighted by Crippen LogP contribution is -2.32. The van der Waals surface area contributed by atoms with Crippen LogP contribution in [-0.4, -0.2) is 15.7 Å². The summed E-state index contributed by atoms with van der Waals surface area (Å²) in [6.07, 6.45) is -4.49. The number of para-hydroxylation sites is 1. The molecule has 0 saturated heterocycles. The zero-order chi connectivity index (χ0) is 20.1. The van der Waals surface area contributed by atoms with E-state index in [1.165, 1.54) is 22.7 Å². The van der Waals surface area contributed by atoms with Crippen molar-refractivity contribution in [3.63, 3.8) is 0 Å². The number of hydrogen-bond acceptors (Lipinski definition) is 3. The molecule has 0 atom stereocenters. The highest BCUT2D eigenvalue weighted by atomic mass is 32.2. The maximum absolute atomic E-state index is 13.3. The molecule has 1 aromatic heterocycles. The van der Waals surface area contributed by atoms with Gasteiger partial charge in [0.15, 0.2) is 0 Å². The molecule has 28 heavy (non-hydrogen) atoms. The van der Waals surface area contributed by atoms with E-state index in [1.54, 1.807) is 16.8 Å². The summed E-state index contributed by atoms with van der Waals surface area (Å²) in [6, 6.07) is 12.5. The predicted octanol–water partition coefficient (Wildman–Crippen LogP) is 5.35. The Kier molecular flexibility index (Phi) is 4.45. The molecule has 0 N–H and O–H groups in total. The van der Waals surface area contributed by atoms with Crippen molar-refractivity contribution in [1.82, 2.24) is 9.78 Å². The van der Waals surface area contributed by atoms with Crippen LogP contribution in [0.1, 0.15) is 17.0 Å². The van der Waals surface area contributed by atoms with Crippen molar-refractivity contribution in [2.45, 2.75) is 36.4 Å². The molecule has 144 valence electrons. The molecule has 4 nitrogen and oxygen atoms in total. The number of carbonyl (C=O) groups is 1. The molecule has 3 aromatic rings. The molecule has 0 unspecified atom stereocenters.